The van der Waals surface area contributed by atoms with Gasteiger partial charge in [0.25, 0.3) is 0 Å². The van der Waals surface area contributed by atoms with Crippen LogP contribution in [0.1, 0.15) is 35.8 Å². The largest absolute Gasteiger partial charge is 0.479 e. The lowest BCUT2D eigenvalue weighted by atomic mass is 9.90. The molecule has 0 N–H and O–H groups in total. The fourth-order valence-electron chi connectivity index (χ4n) is 4.88. The van der Waals surface area contributed by atoms with Crippen LogP contribution >= 0.6 is 11.6 Å². The average molecular weight is 600 g/mol. The second kappa shape index (κ2) is 10.9. The monoisotopic (exact) mass is 599 g/mol. The summed E-state index contributed by atoms with van der Waals surface area (Å²) >= 11 is 6.45. The van der Waals surface area contributed by atoms with Gasteiger partial charge in [-0.25, -0.2) is 19.6 Å². The van der Waals surface area contributed by atoms with E-state index in [9.17, 15) is 26.3 Å². The van der Waals surface area contributed by atoms with E-state index in [0.717, 1.165) is 11.8 Å². The first-order valence-corrected chi connectivity index (χ1v) is 12.9. The van der Waals surface area contributed by atoms with Gasteiger partial charge in [-0.1, -0.05) is 11.6 Å². The normalized spacial score (nSPS) is 15.6. The second-order valence-corrected chi connectivity index (χ2v) is 10.1. The molecule has 1 aliphatic rings. The van der Waals surface area contributed by atoms with Crippen LogP contribution in [0.5, 0.6) is 5.88 Å². The first-order valence-electron chi connectivity index (χ1n) is 12.5. The highest BCUT2D eigenvalue weighted by Gasteiger charge is 2.38. The van der Waals surface area contributed by atoms with Gasteiger partial charge in [0.15, 0.2) is 5.82 Å². The maximum Gasteiger partial charge on any atom is 0.405 e. The third kappa shape index (κ3) is 6.42. The molecular weight excluding hydrogens is 576 g/mol. The molecule has 218 valence electrons. The fourth-order valence-corrected chi connectivity index (χ4v) is 5.13. The summed E-state index contributed by atoms with van der Waals surface area (Å²) in [7, 11) is 1.48. The van der Waals surface area contributed by atoms with E-state index in [4.69, 9.17) is 16.3 Å². The van der Waals surface area contributed by atoms with Crippen LogP contribution in [0, 0.1) is 6.92 Å². The van der Waals surface area contributed by atoms with Gasteiger partial charge in [0.05, 0.1) is 19.1 Å². The summed E-state index contributed by atoms with van der Waals surface area (Å²) in [6.45, 7) is -1.15. The van der Waals surface area contributed by atoms with Crippen molar-refractivity contribution in [2.75, 3.05) is 25.1 Å². The number of aromatic nitrogens is 6. The molecule has 0 bridgehead atoms. The van der Waals surface area contributed by atoms with Gasteiger partial charge in [-0.2, -0.15) is 26.3 Å². The van der Waals surface area contributed by atoms with E-state index in [-0.39, 0.29) is 15.6 Å². The summed E-state index contributed by atoms with van der Waals surface area (Å²) in [5.41, 5.74) is 2.02. The molecule has 41 heavy (non-hydrogen) atoms. The number of nitrogens with zero attached hydrogens (tertiary/aromatic N) is 7. The lowest BCUT2D eigenvalue weighted by Gasteiger charge is -2.29. The molecule has 4 aromatic rings. The molecule has 0 fully saturated rings. The summed E-state index contributed by atoms with van der Waals surface area (Å²) in [5.74, 6) is 0.584. The summed E-state index contributed by atoms with van der Waals surface area (Å²) in [6.07, 6.45) is -5.06. The number of benzene rings is 1. The standard InChI is InChI=1S/C26H24ClF6N7O/c1-15-11-38(14-34-15)21-8-7-20(35-24(21)41-2)22-36-23-17(4-3-9-40(23)37-22)18-10-16(5-6-19(18)27)39(12-25(28,29)30)13-26(31,32)33/h5-8,10-11,14,17H,3-4,9,12-13H2,1-2H3/t17-/m1/s1. The Morgan fingerprint density at radius 1 is 1.05 bits per heavy atom. The first-order chi connectivity index (χ1) is 19.3. The van der Waals surface area contributed by atoms with Crippen molar-refractivity contribution < 1.29 is 31.1 Å². The minimum absolute atomic E-state index is 0.204. The fraction of sp³-hybridized carbons (Fsp3) is 0.385. The number of halogens is 7. The molecule has 0 spiro atoms. The molecule has 0 unspecified atom stereocenters. The number of hydrogen-bond acceptors (Lipinski definition) is 6. The van der Waals surface area contributed by atoms with E-state index < -0.39 is 31.4 Å². The van der Waals surface area contributed by atoms with Gasteiger partial charge in [0.1, 0.15) is 30.3 Å². The Labute approximate surface area is 235 Å². The van der Waals surface area contributed by atoms with Gasteiger partial charge >= 0.3 is 12.4 Å². The van der Waals surface area contributed by atoms with E-state index in [1.54, 1.807) is 27.7 Å². The molecular formula is C26H24ClF6N7O. The summed E-state index contributed by atoms with van der Waals surface area (Å²) in [5, 5.41) is 4.78. The van der Waals surface area contributed by atoms with Crippen molar-refractivity contribution in [1.82, 2.24) is 29.3 Å². The number of anilines is 1. The Kier molecular flexibility index (Phi) is 7.62. The van der Waals surface area contributed by atoms with Crippen LogP contribution in [0.15, 0.2) is 42.9 Å². The number of rotatable bonds is 7. The summed E-state index contributed by atoms with van der Waals surface area (Å²) in [6, 6.07) is 7.25. The molecule has 15 heteroatoms. The molecule has 0 aliphatic carbocycles. The molecule has 0 radical (unpaired) electrons. The second-order valence-electron chi connectivity index (χ2n) is 9.65. The van der Waals surface area contributed by atoms with Crippen LogP contribution in [0.25, 0.3) is 17.2 Å². The molecule has 8 nitrogen and oxygen atoms in total. The third-order valence-corrected chi connectivity index (χ3v) is 6.93. The predicted octanol–water partition coefficient (Wildman–Crippen LogP) is 6.35. The van der Waals surface area contributed by atoms with Crippen LogP contribution in [-0.4, -0.2) is 61.9 Å². The molecule has 1 atom stereocenters. The lowest BCUT2D eigenvalue weighted by Crippen LogP contribution is -2.40. The quantitative estimate of drug-likeness (QED) is 0.230. The number of imidazole rings is 1. The Balaban J connectivity index is 1.50. The van der Waals surface area contributed by atoms with Gasteiger partial charge in [-0.15, -0.1) is 5.10 Å². The SMILES string of the molecule is COc1nc(-c2nc3n(n2)CCC[C@@H]3c2cc(N(CC(F)(F)F)CC(F)(F)F)ccc2Cl)ccc1-n1cnc(C)c1. The zero-order valence-corrected chi connectivity index (χ0v) is 22.6. The number of alkyl halides is 6. The van der Waals surface area contributed by atoms with Crippen LogP contribution in [0.3, 0.4) is 0 Å². The summed E-state index contributed by atoms with van der Waals surface area (Å²) in [4.78, 5) is 13.7. The van der Waals surface area contributed by atoms with E-state index in [1.165, 1.54) is 19.2 Å². The van der Waals surface area contributed by atoms with Crippen molar-refractivity contribution >= 4 is 17.3 Å². The zero-order chi connectivity index (χ0) is 29.5. The molecule has 0 saturated heterocycles. The third-order valence-electron chi connectivity index (χ3n) is 6.59. The van der Waals surface area contributed by atoms with E-state index in [0.29, 0.717) is 53.9 Å². The van der Waals surface area contributed by atoms with E-state index in [1.807, 2.05) is 13.1 Å². The molecule has 3 aromatic heterocycles. The highest BCUT2D eigenvalue weighted by Crippen LogP contribution is 2.39. The Morgan fingerprint density at radius 2 is 1.78 bits per heavy atom. The van der Waals surface area contributed by atoms with Gasteiger partial charge < -0.3 is 14.2 Å². The van der Waals surface area contributed by atoms with Crippen molar-refractivity contribution in [3.8, 4) is 23.1 Å². The number of fused-ring (bicyclic) bond motifs is 1. The van der Waals surface area contributed by atoms with E-state index >= 15 is 0 Å². The Bertz CT molecular complexity index is 1530. The van der Waals surface area contributed by atoms with Crippen molar-refractivity contribution in [1.29, 1.82) is 0 Å². The molecule has 1 aromatic carbocycles. The number of ether oxygens (including phenoxy) is 1. The van der Waals surface area contributed by atoms with Crippen LogP contribution < -0.4 is 9.64 Å². The van der Waals surface area contributed by atoms with Crippen LogP contribution in [0.2, 0.25) is 5.02 Å². The molecule has 1 aliphatic heterocycles. The molecule has 0 amide bonds. The van der Waals surface area contributed by atoms with Crippen molar-refractivity contribution in [3.63, 3.8) is 0 Å². The topological polar surface area (TPSA) is 73.9 Å². The lowest BCUT2D eigenvalue weighted by molar-refractivity contribution is -0.137. The summed E-state index contributed by atoms with van der Waals surface area (Å²) < 4.78 is 87.9. The van der Waals surface area contributed by atoms with Gasteiger partial charge in [0, 0.05) is 29.4 Å². The first kappa shape index (κ1) is 28.7. The van der Waals surface area contributed by atoms with Gasteiger partial charge in [-0.05, 0) is 55.7 Å². The van der Waals surface area contributed by atoms with Crippen molar-refractivity contribution in [3.05, 3.63) is 65.0 Å². The molecule has 5 rings (SSSR count). The molecule has 4 heterocycles. The Hall–Kier alpha value is -3.81. The van der Waals surface area contributed by atoms with Gasteiger partial charge in [0.2, 0.25) is 5.88 Å². The minimum atomic E-state index is -4.84. The highest BCUT2D eigenvalue weighted by atomic mass is 35.5. The Morgan fingerprint density at radius 3 is 2.41 bits per heavy atom. The van der Waals surface area contributed by atoms with Gasteiger partial charge in [-0.3, -0.25) is 0 Å². The van der Waals surface area contributed by atoms with Crippen molar-refractivity contribution in [2.45, 2.75) is 44.6 Å². The van der Waals surface area contributed by atoms with Crippen LogP contribution in [-0.2, 0) is 6.54 Å². The maximum absolute atomic E-state index is 13.2. The number of hydrogen-bond donors (Lipinski definition) is 0. The maximum atomic E-state index is 13.2. The smallest absolute Gasteiger partial charge is 0.405 e. The predicted molar refractivity (Wildman–Crippen MR) is 139 cm³/mol. The molecule has 0 saturated carbocycles. The number of pyridine rings is 1. The zero-order valence-electron chi connectivity index (χ0n) is 21.8. The van der Waals surface area contributed by atoms with Crippen molar-refractivity contribution in [2.24, 2.45) is 0 Å². The van der Waals surface area contributed by atoms with E-state index in [2.05, 4.69) is 20.1 Å². The average Bonchev–Trinajstić information content (AvgIpc) is 3.53. The number of aryl methyl sites for hydroxylation is 2. The van der Waals surface area contributed by atoms with Crippen LogP contribution in [0.4, 0.5) is 32.0 Å². The number of methoxy groups -OCH3 is 1. The highest BCUT2D eigenvalue weighted by molar-refractivity contribution is 6.31. The minimum Gasteiger partial charge on any atom is -0.479 e.